The maximum Gasteiger partial charge on any atom is 0.195 e. The molecule has 45 heavy (non-hydrogen) atoms. The molecule has 4 aromatic carbocycles. The zero-order chi connectivity index (χ0) is 31.6. The average Bonchev–Trinajstić information content (AvgIpc) is 3.07. The number of rotatable bonds is 4. The van der Waals surface area contributed by atoms with Crippen LogP contribution in [0.3, 0.4) is 0 Å². The summed E-state index contributed by atoms with van der Waals surface area (Å²) in [5.41, 5.74) is 5.79. The van der Waals surface area contributed by atoms with E-state index in [9.17, 15) is 4.39 Å². The molecule has 2 saturated heterocycles. The van der Waals surface area contributed by atoms with E-state index in [1.54, 1.807) is 6.07 Å². The molecule has 0 radical (unpaired) electrons. The molecular formula is C36H43FN8. The van der Waals surface area contributed by atoms with Gasteiger partial charge in [-0.05, 0) is 49.5 Å². The molecule has 0 bridgehead atoms. The Hall–Kier alpha value is -4.73. The monoisotopic (exact) mass is 606 g/mol. The number of nitrogens with zero attached hydrogens (tertiary/aromatic N) is 4. The van der Waals surface area contributed by atoms with Crippen molar-refractivity contribution in [3.63, 3.8) is 0 Å². The summed E-state index contributed by atoms with van der Waals surface area (Å²) in [5, 5.41) is 23.0. The van der Waals surface area contributed by atoms with Gasteiger partial charge in [-0.2, -0.15) is 0 Å². The third-order valence-electron chi connectivity index (χ3n) is 8.22. The van der Waals surface area contributed by atoms with Gasteiger partial charge in [0.05, 0.1) is 5.69 Å². The highest BCUT2D eigenvalue weighted by atomic mass is 19.1. The number of benzene rings is 4. The SMILES string of the molecule is CN1CCN(C(=N)Nc2cc(F)ccc2-c2ccccc2)CC1.CN1CCN(C(=N)Nc2ccccc2-c2ccccc2)CC1. The van der Waals surface area contributed by atoms with Gasteiger partial charge in [-0.25, -0.2) is 4.39 Å². The second kappa shape index (κ2) is 15.3. The van der Waals surface area contributed by atoms with Crippen LogP contribution < -0.4 is 10.6 Å². The van der Waals surface area contributed by atoms with Gasteiger partial charge in [0, 0.05) is 69.2 Å². The van der Waals surface area contributed by atoms with Crippen LogP contribution in [0.15, 0.2) is 103 Å². The van der Waals surface area contributed by atoms with Crippen molar-refractivity contribution in [3.8, 4) is 22.3 Å². The van der Waals surface area contributed by atoms with Crippen LogP contribution in [0, 0.1) is 16.6 Å². The number of halogens is 1. The molecule has 2 aliphatic heterocycles. The van der Waals surface area contributed by atoms with Crippen molar-refractivity contribution in [3.05, 3.63) is 109 Å². The van der Waals surface area contributed by atoms with Crippen LogP contribution in [0.1, 0.15) is 0 Å². The van der Waals surface area contributed by atoms with Crippen molar-refractivity contribution in [2.24, 2.45) is 0 Å². The Morgan fingerprint density at radius 3 is 1.47 bits per heavy atom. The van der Waals surface area contributed by atoms with Crippen molar-refractivity contribution in [1.29, 1.82) is 10.8 Å². The van der Waals surface area contributed by atoms with E-state index in [0.717, 1.165) is 80.3 Å². The van der Waals surface area contributed by atoms with Crippen molar-refractivity contribution >= 4 is 23.3 Å². The number of guanidine groups is 2. The molecule has 4 aromatic rings. The van der Waals surface area contributed by atoms with Gasteiger partial charge < -0.3 is 30.2 Å². The fraction of sp³-hybridized carbons (Fsp3) is 0.278. The summed E-state index contributed by atoms with van der Waals surface area (Å²) in [6.45, 7) is 7.27. The fourth-order valence-electron chi connectivity index (χ4n) is 5.42. The third kappa shape index (κ3) is 8.68. The molecule has 0 saturated carbocycles. The molecule has 2 fully saturated rings. The van der Waals surface area contributed by atoms with Crippen molar-refractivity contribution in [1.82, 2.24) is 19.6 Å². The lowest BCUT2D eigenvalue weighted by atomic mass is 10.0. The van der Waals surface area contributed by atoms with Crippen molar-refractivity contribution in [2.45, 2.75) is 0 Å². The Bertz CT molecular complexity index is 1550. The van der Waals surface area contributed by atoms with Crippen LogP contribution in [0.5, 0.6) is 0 Å². The van der Waals surface area contributed by atoms with E-state index in [4.69, 9.17) is 10.8 Å². The predicted octanol–water partition coefficient (Wildman–Crippen LogP) is 6.03. The van der Waals surface area contributed by atoms with E-state index < -0.39 is 0 Å². The van der Waals surface area contributed by atoms with Crippen molar-refractivity contribution < 1.29 is 4.39 Å². The van der Waals surface area contributed by atoms with Gasteiger partial charge in [-0.1, -0.05) is 78.9 Å². The Morgan fingerprint density at radius 1 is 0.533 bits per heavy atom. The lowest BCUT2D eigenvalue weighted by molar-refractivity contribution is 0.214. The first-order chi connectivity index (χ1) is 21.9. The van der Waals surface area contributed by atoms with E-state index in [2.05, 4.69) is 57.6 Å². The Labute approximate surface area is 266 Å². The molecule has 8 nitrogen and oxygen atoms in total. The molecule has 0 unspecified atom stereocenters. The van der Waals surface area contributed by atoms with Gasteiger partial charge in [-0.3, -0.25) is 10.8 Å². The molecule has 9 heteroatoms. The topological polar surface area (TPSA) is 84.7 Å². The number of nitrogens with one attached hydrogen (secondary N) is 4. The first-order valence-electron chi connectivity index (χ1n) is 15.4. The fourth-order valence-corrected chi connectivity index (χ4v) is 5.42. The first kappa shape index (κ1) is 31.7. The van der Waals surface area contributed by atoms with Crippen LogP contribution in [0.25, 0.3) is 22.3 Å². The third-order valence-corrected chi connectivity index (χ3v) is 8.22. The van der Waals surface area contributed by atoms with Gasteiger partial charge in [0.15, 0.2) is 11.9 Å². The second-order valence-electron chi connectivity index (χ2n) is 11.5. The molecule has 2 aliphatic rings. The maximum absolute atomic E-state index is 13.7. The van der Waals surface area contributed by atoms with Gasteiger partial charge in [0.1, 0.15) is 5.82 Å². The van der Waals surface area contributed by atoms with Crippen LogP contribution >= 0.6 is 0 Å². The van der Waals surface area contributed by atoms with Gasteiger partial charge in [0.2, 0.25) is 0 Å². The van der Waals surface area contributed by atoms with Gasteiger partial charge >= 0.3 is 0 Å². The number of piperazine rings is 2. The normalized spacial score (nSPS) is 15.5. The summed E-state index contributed by atoms with van der Waals surface area (Å²) in [5.74, 6) is 0.496. The lowest BCUT2D eigenvalue weighted by Crippen LogP contribution is -2.49. The number of anilines is 2. The molecule has 0 aliphatic carbocycles. The standard InChI is InChI=1S/C18H21FN4.C18H22N4/c1-22-9-11-23(12-10-22)18(20)21-17-13-15(19)7-8-16(17)14-5-3-2-4-6-14;1-21-11-13-22(14-12-21)18(19)20-17-10-6-5-9-16(17)15-7-3-2-4-8-15/h2-8,13H,9-12H2,1H3,(H2,20,21);2-10H,11-14H2,1H3,(H2,19,20). The molecule has 6 rings (SSSR count). The highest BCUT2D eigenvalue weighted by molar-refractivity contribution is 5.96. The molecule has 0 amide bonds. The predicted molar refractivity (Wildman–Crippen MR) is 185 cm³/mol. The molecule has 4 N–H and O–H groups in total. The highest BCUT2D eigenvalue weighted by Gasteiger charge is 2.19. The van der Waals surface area contributed by atoms with E-state index in [1.807, 2.05) is 71.6 Å². The summed E-state index contributed by atoms with van der Waals surface area (Å²) in [6, 6.07) is 32.9. The maximum atomic E-state index is 13.7. The largest absolute Gasteiger partial charge is 0.340 e. The molecule has 0 atom stereocenters. The van der Waals surface area contributed by atoms with Crippen LogP contribution in [-0.2, 0) is 0 Å². The van der Waals surface area contributed by atoms with E-state index >= 15 is 0 Å². The van der Waals surface area contributed by atoms with Crippen LogP contribution in [0.2, 0.25) is 0 Å². The quantitative estimate of drug-likeness (QED) is 0.168. The summed E-state index contributed by atoms with van der Waals surface area (Å²) >= 11 is 0. The minimum Gasteiger partial charge on any atom is -0.340 e. The smallest absolute Gasteiger partial charge is 0.195 e. The second-order valence-corrected chi connectivity index (χ2v) is 11.5. The van der Waals surface area contributed by atoms with E-state index in [1.165, 1.54) is 12.1 Å². The average molecular weight is 607 g/mol. The number of para-hydroxylation sites is 1. The van der Waals surface area contributed by atoms with Crippen molar-refractivity contribution in [2.75, 3.05) is 77.1 Å². The van der Waals surface area contributed by atoms with E-state index in [-0.39, 0.29) is 5.82 Å². The van der Waals surface area contributed by atoms with Gasteiger partial charge in [0.25, 0.3) is 0 Å². The Morgan fingerprint density at radius 2 is 0.956 bits per heavy atom. The molecule has 0 aromatic heterocycles. The summed E-state index contributed by atoms with van der Waals surface area (Å²) in [6.07, 6.45) is 0. The summed E-state index contributed by atoms with van der Waals surface area (Å²) < 4.78 is 13.7. The number of hydrogen-bond acceptors (Lipinski definition) is 4. The van der Waals surface area contributed by atoms with Crippen LogP contribution in [-0.4, -0.2) is 98.0 Å². The Balaban J connectivity index is 0.000000178. The van der Waals surface area contributed by atoms with Gasteiger partial charge in [-0.15, -0.1) is 0 Å². The van der Waals surface area contributed by atoms with E-state index in [0.29, 0.717) is 17.6 Å². The van der Waals surface area contributed by atoms with Crippen LogP contribution in [0.4, 0.5) is 15.8 Å². The Kier molecular flexibility index (Phi) is 10.8. The first-order valence-corrected chi connectivity index (χ1v) is 15.4. The summed E-state index contributed by atoms with van der Waals surface area (Å²) in [7, 11) is 4.20. The zero-order valence-corrected chi connectivity index (χ0v) is 26.1. The molecule has 2 heterocycles. The lowest BCUT2D eigenvalue weighted by Gasteiger charge is -2.34. The number of likely N-dealkylation sites (N-methyl/N-ethyl adjacent to an activating group) is 2. The minimum absolute atomic E-state index is 0.307. The highest BCUT2D eigenvalue weighted by Crippen LogP contribution is 2.29. The molecule has 0 spiro atoms. The zero-order valence-electron chi connectivity index (χ0n) is 26.1. The molecular weight excluding hydrogens is 563 g/mol. The minimum atomic E-state index is -0.307. The molecule has 234 valence electrons. The summed E-state index contributed by atoms with van der Waals surface area (Å²) in [4.78, 5) is 8.62. The number of hydrogen-bond donors (Lipinski definition) is 4.